The highest BCUT2D eigenvalue weighted by molar-refractivity contribution is 6.33. The van der Waals surface area contributed by atoms with Crippen LogP contribution >= 0.6 is 11.6 Å². The zero-order chi connectivity index (χ0) is 21.5. The van der Waals surface area contributed by atoms with Gasteiger partial charge in [-0.15, -0.1) is 0 Å². The molecule has 2 heterocycles. The number of carbonyl (C=O) groups excluding carboxylic acids is 1. The van der Waals surface area contributed by atoms with Gasteiger partial charge in [-0.05, 0) is 42.2 Å². The van der Waals surface area contributed by atoms with E-state index >= 15 is 0 Å². The number of methoxy groups -OCH3 is 1. The molecule has 1 N–H and O–H groups in total. The molecule has 0 amide bonds. The lowest BCUT2D eigenvalue weighted by molar-refractivity contribution is 0.0601. The van der Waals surface area contributed by atoms with Crippen molar-refractivity contribution < 1.29 is 18.7 Å². The molecule has 0 aliphatic carbocycles. The third-order valence-electron chi connectivity index (χ3n) is 4.67. The zero-order valence-electron chi connectivity index (χ0n) is 16.7. The normalized spacial score (nSPS) is 12.0. The number of rotatable bonds is 3. The van der Waals surface area contributed by atoms with E-state index in [1.165, 1.54) is 18.7 Å². The van der Waals surface area contributed by atoms with Gasteiger partial charge >= 0.3 is 5.97 Å². The van der Waals surface area contributed by atoms with E-state index in [9.17, 15) is 9.18 Å². The zero-order valence-corrected chi connectivity index (χ0v) is 17.5. The summed E-state index contributed by atoms with van der Waals surface area (Å²) in [6.45, 7) is 0.743. The molecule has 1 aliphatic heterocycles. The first-order valence-electron chi connectivity index (χ1n) is 9.45. The average Bonchev–Trinajstić information content (AvgIpc) is 2.80. The van der Waals surface area contributed by atoms with Gasteiger partial charge in [-0.3, -0.25) is 4.98 Å². The number of aromatic nitrogens is 1. The summed E-state index contributed by atoms with van der Waals surface area (Å²) < 4.78 is 23.6. The second-order valence-corrected chi connectivity index (χ2v) is 6.92. The highest BCUT2D eigenvalue weighted by Crippen LogP contribution is 2.34. The molecule has 0 unspecified atom stereocenters. The molecule has 0 fully saturated rings. The maximum Gasteiger partial charge on any atom is 0.340 e. The summed E-state index contributed by atoms with van der Waals surface area (Å²) in [5.41, 5.74) is 3.96. The first kappa shape index (κ1) is 21.6. The molecule has 0 spiro atoms. The number of pyridine rings is 1. The number of esters is 1. The van der Waals surface area contributed by atoms with Gasteiger partial charge in [0.05, 0.1) is 36.2 Å². The van der Waals surface area contributed by atoms with Crippen molar-refractivity contribution >= 4 is 23.3 Å². The summed E-state index contributed by atoms with van der Waals surface area (Å²) in [5, 5.41) is 3.01. The van der Waals surface area contributed by atoms with Crippen LogP contribution in [0.5, 0.6) is 5.75 Å². The number of hydrogen-bond donors (Lipinski definition) is 1. The standard InChI is InChI=1S/C15H12ClFO.C8H10N2O2/c16-15-12(4-1-5-13(15)17)11-7-6-10-3-2-8-18-14(10)9-11;1-9-7-5-10-4-3-6(7)8(11)12-2/h1,4-7,9H,2-3,8H2;3-5,9H,1-2H3. The Labute approximate surface area is 179 Å². The fraction of sp³-hybridized carbons (Fsp3) is 0.217. The quantitative estimate of drug-likeness (QED) is 0.567. The second-order valence-electron chi connectivity index (χ2n) is 6.54. The Morgan fingerprint density at radius 3 is 2.87 bits per heavy atom. The second kappa shape index (κ2) is 10.1. The number of halogens is 2. The van der Waals surface area contributed by atoms with E-state index in [-0.39, 0.29) is 11.0 Å². The molecule has 5 nitrogen and oxygen atoms in total. The Hall–Kier alpha value is -3.12. The summed E-state index contributed by atoms with van der Waals surface area (Å²) in [7, 11) is 3.08. The Morgan fingerprint density at radius 2 is 2.10 bits per heavy atom. The number of hydrogen-bond acceptors (Lipinski definition) is 5. The van der Waals surface area contributed by atoms with Crippen molar-refractivity contribution in [1.29, 1.82) is 0 Å². The van der Waals surface area contributed by atoms with Gasteiger partial charge in [0.1, 0.15) is 11.6 Å². The van der Waals surface area contributed by atoms with Gasteiger partial charge in [0.25, 0.3) is 0 Å². The van der Waals surface area contributed by atoms with Crippen LogP contribution in [0.4, 0.5) is 10.1 Å². The highest BCUT2D eigenvalue weighted by atomic mass is 35.5. The Morgan fingerprint density at radius 1 is 1.27 bits per heavy atom. The van der Waals surface area contributed by atoms with Crippen molar-refractivity contribution in [3.05, 3.63) is 76.8 Å². The summed E-state index contributed by atoms with van der Waals surface area (Å²) in [6.07, 6.45) is 5.21. The minimum atomic E-state index is -0.396. The monoisotopic (exact) mass is 428 g/mol. The number of benzene rings is 2. The minimum Gasteiger partial charge on any atom is -0.493 e. The molecule has 30 heavy (non-hydrogen) atoms. The van der Waals surface area contributed by atoms with Crippen molar-refractivity contribution in [1.82, 2.24) is 4.98 Å². The number of fused-ring (bicyclic) bond motifs is 1. The Bertz CT molecular complexity index is 1040. The molecule has 0 saturated carbocycles. The van der Waals surface area contributed by atoms with Crippen LogP contribution in [0.2, 0.25) is 5.02 Å². The molecule has 2 aromatic carbocycles. The molecule has 0 radical (unpaired) electrons. The Balaban J connectivity index is 0.000000187. The third-order valence-corrected chi connectivity index (χ3v) is 5.06. The van der Waals surface area contributed by atoms with Gasteiger partial charge in [-0.1, -0.05) is 35.9 Å². The largest absolute Gasteiger partial charge is 0.493 e. The first-order chi connectivity index (χ1) is 14.5. The maximum atomic E-state index is 13.4. The predicted molar refractivity (Wildman–Crippen MR) is 116 cm³/mol. The van der Waals surface area contributed by atoms with Crippen molar-refractivity contribution in [2.45, 2.75) is 12.8 Å². The Kier molecular flexibility index (Phi) is 7.25. The van der Waals surface area contributed by atoms with Gasteiger partial charge in [-0.25, -0.2) is 9.18 Å². The van der Waals surface area contributed by atoms with Gasteiger partial charge in [0, 0.05) is 18.8 Å². The van der Waals surface area contributed by atoms with Gasteiger partial charge in [-0.2, -0.15) is 0 Å². The van der Waals surface area contributed by atoms with Crippen LogP contribution in [0.25, 0.3) is 11.1 Å². The molecule has 156 valence electrons. The van der Waals surface area contributed by atoms with Gasteiger partial charge in [0.15, 0.2) is 0 Å². The maximum absolute atomic E-state index is 13.4. The first-order valence-corrected chi connectivity index (χ1v) is 9.83. The molecule has 3 aromatic rings. The van der Waals surface area contributed by atoms with Crippen LogP contribution in [0.15, 0.2) is 54.9 Å². The topological polar surface area (TPSA) is 60.5 Å². The molecule has 0 saturated heterocycles. The summed E-state index contributed by atoms with van der Waals surface area (Å²) in [4.78, 5) is 15.0. The SMILES string of the molecule is CNc1cnccc1C(=O)OC.Fc1cccc(-c2ccc3c(c2)OCCC3)c1Cl. The number of nitrogens with one attached hydrogen (secondary N) is 1. The fourth-order valence-electron chi connectivity index (χ4n) is 3.12. The van der Waals surface area contributed by atoms with Crippen LogP contribution in [-0.4, -0.2) is 31.7 Å². The van der Waals surface area contributed by atoms with Gasteiger partial charge in [0.2, 0.25) is 0 Å². The molecule has 0 atom stereocenters. The summed E-state index contributed by atoms with van der Waals surface area (Å²) in [6, 6.07) is 12.4. The predicted octanol–water partition coefficient (Wildman–Crippen LogP) is 5.38. The number of aryl methyl sites for hydroxylation is 1. The number of ether oxygens (including phenoxy) is 2. The van der Waals surface area contributed by atoms with E-state index in [2.05, 4.69) is 15.0 Å². The summed E-state index contributed by atoms with van der Waals surface area (Å²) in [5.74, 6) is 0.133. The third kappa shape index (κ3) is 4.89. The van der Waals surface area contributed by atoms with Crippen LogP contribution in [0, 0.1) is 5.82 Å². The smallest absolute Gasteiger partial charge is 0.340 e. The molecule has 1 aliphatic rings. The van der Waals surface area contributed by atoms with Crippen molar-refractivity contribution in [2.75, 3.05) is 26.1 Å². The van der Waals surface area contributed by atoms with E-state index in [0.717, 1.165) is 30.8 Å². The van der Waals surface area contributed by atoms with E-state index in [1.807, 2.05) is 24.3 Å². The molecule has 7 heteroatoms. The fourth-order valence-corrected chi connectivity index (χ4v) is 3.35. The average molecular weight is 429 g/mol. The van der Waals surface area contributed by atoms with Crippen LogP contribution in [-0.2, 0) is 11.2 Å². The molecule has 1 aromatic heterocycles. The van der Waals surface area contributed by atoms with E-state index in [4.69, 9.17) is 16.3 Å². The van der Waals surface area contributed by atoms with Crippen molar-refractivity contribution in [3.63, 3.8) is 0 Å². The van der Waals surface area contributed by atoms with Crippen molar-refractivity contribution in [2.24, 2.45) is 0 Å². The van der Waals surface area contributed by atoms with E-state index in [1.54, 1.807) is 31.6 Å². The van der Waals surface area contributed by atoms with Crippen LogP contribution < -0.4 is 10.1 Å². The molecule has 0 bridgehead atoms. The van der Waals surface area contributed by atoms with Crippen molar-refractivity contribution in [3.8, 4) is 16.9 Å². The minimum absolute atomic E-state index is 0.160. The summed E-state index contributed by atoms with van der Waals surface area (Å²) >= 11 is 6.00. The lowest BCUT2D eigenvalue weighted by Gasteiger charge is -2.18. The molecule has 4 rings (SSSR count). The number of nitrogens with zero attached hydrogens (tertiary/aromatic N) is 1. The van der Waals surface area contributed by atoms with Gasteiger partial charge < -0.3 is 14.8 Å². The number of anilines is 1. The lowest BCUT2D eigenvalue weighted by atomic mass is 10.00. The van der Waals surface area contributed by atoms with E-state index in [0.29, 0.717) is 16.8 Å². The molecular weight excluding hydrogens is 407 g/mol. The lowest BCUT2D eigenvalue weighted by Crippen LogP contribution is -2.08. The van der Waals surface area contributed by atoms with Crippen LogP contribution in [0.1, 0.15) is 22.3 Å². The molecular formula is C23H22ClFN2O3. The highest BCUT2D eigenvalue weighted by Gasteiger charge is 2.14. The van der Waals surface area contributed by atoms with Crippen LogP contribution in [0.3, 0.4) is 0 Å². The number of carbonyl (C=O) groups is 1. The van der Waals surface area contributed by atoms with E-state index < -0.39 is 5.82 Å².